The lowest BCUT2D eigenvalue weighted by Gasteiger charge is -1.92. The predicted molar refractivity (Wildman–Crippen MR) is 63.7 cm³/mol. The van der Waals surface area contributed by atoms with Gasteiger partial charge in [0.05, 0.1) is 11.2 Å². The van der Waals surface area contributed by atoms with Gasteiger partial charge in [0.1, 0.15) is 11.2 Å². The summed E-state index contributed by atoms with van der Waals surface area (Å²) in [6.07, 6.45) is 1.74. The van der Waals surface area contributed by atoms with Gasteiger partial charge in [-0.1, -0.05) is 12.1 Å². The first-order valence-corrected chi connectivity index (χ1v) is 5.00. The number of imidazole rings is 1. The van der Waals surface area contributed by atoms with Gasteiger partial charge >= 0.3 is 0 Å². The minimum absolute atomic E-state index is 0.677. The maximum absolute atomic E-state index is 5.84. The Morgan fingerprint density at radius 1 is 1.06 bits per heavy atom. The van der Waals surface area contributed by atoms with Gasteiger partial charge in [-0.15, -0.1) is 0 Å². The zero-order valence-electron chi connectivity index (χ0n) is 8.51. The van der Waals surface area contributed by atoms with Crippen LogP contribution >= 0.6 is 0 Å². The van der Waals surface area contributed by atoms with Crippen molar-refractivity contribution >= 4 is 16.7 Å². The maximum Gasteiger partial charge on any atom is 0.157 e. The zero-order chi connectivity index (χ0) is 11.0. The van der Waals surface area contributed by atoms with Gasteiger partial charge in [-0.05, 0) is 24.3 Å². The molecule has 0 radical (unpaired) electrons. The van der Waals surface area contributed by atoms with Crippen molar-refractivity contribution in [1.29, 1.82) is 0 Å². The SMILES string of the molecule is Nc1cccc2[nH]c(-c3ccccn3)nc12. The number of fused-ring (bicyclic) bond motifs is 1. The minimum Gasteiger partial charge on any atom is -0.397 e. The number of nitrogens with zero attached hydrogens (tertiary/aromatic N) is 2. The fourth-order valence-electron chi connectivity index (χ4n) is 1.68. The van der Waals surface area contributed by atoms with Crippen LogP contribution < -0.4 is 5.73 Å². The molecule has 0 fully saturated rings. The van der Waals surface area contributed by atoms with Crippen molar-refractivity contribution in [1.82, 2.24) is 15.0 Å². The van der Waals surface area contributed by atoms with Crippen LogP contribution in [0.25, 0.3) is 22.6 Å². The Bertz CT molecular complexity index is 628. The highest BCUT2D eigenvalue weighted by Crippen LogP contribution is 2.22. The Balaban J connectivity index is 2.23. The number of benzene rings is 1. The Labute approximate surface area is 92.2 Å². The van der Waals surface area contributed by atoms with E-state index >= 15 is 0 Å². The van der Waals surface area contributed by atoms with Crippen molar-refractivity contribution in [3.05, 3.63) is 42.6 Å². The van der Waals surface area contributed by atoms with Crippen molar-refractivity contribution in [2.75, 3.05) is 5.73 Å². The Morgan fingerprint density at radius 2 is 2.00 bits per heavy atom. The number of nitrogen functional groups attached to an aromatic ring is 1. The number of pyridine rings is 1. The van der Waals surface area contributed by atoms with Crippen LogP contribution in [0, 0.1) is 0 Å². The van der Waals surface area contributed by atoms with E-state index in [9.17, 15) is 0 Å². The van der Waals surface area contributed by atoms with E-state index in [-0.39, 0.29) is 0 Å². The molecule has 2 aromatic heterocycles. The fraction of sp³-hybridized carbons (Fsp3) is 0. The number of para-hydroxylation sites is 1. The lowest BCUT2D eigenvalue weighted by atomic mass is 10.3. The zero-order valence-corrected chi connectivity index (χ0v) is 8.51. The van der Waals surface area contributed by atoms with Crippen LogP contribution in [0.5, 0.6) is 0 Å². The summed E-state index contributed by atoms with van der Waals surface area (Å²) in [5, 5.41) is 0. The van der Waals surface area contributed by atoms with Gasteiger partial charge in [-0.2, -0.15) is 0 Å². The Hall–Kier alpha value is -2.36. The van der Waals surface area contributed by atoms with E-state index in [1.165, 1.54) is 0 Å². The van der Waals surface area contributed by atoms with Crippen LogP contribution in [0.4, 0.5) is 5.69 Å². The van der Waals surface area contributed by atoms with Crippen molar-refractivity contribution < 1.29 is 0 Å². The van der Waals surface area contributed by atoms with E-state index in [0.29, 0.717) is 5.69 Å². The number of hydrogen-bond donors (Lipinski definition) is 2. The second-order valence-corrected chi connectivity index (χ2v) is 3.54. The number of nitrogens with one attached hydrogen (secondary N) is 1. The van der Waals surface area contributed by atoms with Crippen LogP contribution in [-0.4, -0.2) is 15.0 Å². The third-order valence-corrected chi connectivity index (χ3v) is 2.45. The third kappa shape index (κ3) is 1.32. The molecule has 0 saturated heterocycles. The number of rotatable bonds is 1. The van der Waals surface area contributed by atoms with E-state index in [0.717, 1.165) is 22.6 Å². The number of H-pyrrole nitrogens is 1. The third-order valence-electron chi connectivity index (χ3n) is 2.45. The summed E-state index contributed by atoms with van der Waals surface area (Å²) in [7, 11) is 0. The molecule has 1 aromatic carbocycles. The second-order valence-electron chi connectivity index (χ2n) is 3.54. The molecular formula is C12H10N4. The largest absolute Gasteiger partial charge is 0.397 e. The molecule has 0 atom stereocenters. The van der Waals surface area contributed by atoms with Gasteiger partial charge in [0.2, 0.25) is 0 Å². The van der Waals surface area contributed by atoms with Crippen LogP contribution in [-0.2, 0) is 0 Å². The smallest absolute Gasteiger partial charge is 0.157 e. The molecule has 0 spiro atoms. The quantitative estimate of drug-likeness (QED) is 0.605. The highest BCUT2D eigenvalue weighted by Gasteiger charge is 2.07. The van der Waals surface area contributed by atoms with Crippen molar-refractivity contribution in [2.45, 2.75) is 0 Å². The lowest BCUT2D eigenvalue weighted by molar-refractivity contribution is 1.24. The molecular weight excluding hydrogens is 200 g/mol. The average Bonchev–Trinajstić information content (AvgIpc) is 2.76. The summed E-state index contributed by atoms with van der Waals surface area (Å²) in [4.78, 5) is 11.9. The lowest BCUT2D eigenvalue weighted by Crippen LogP contribution is -1.85. The van der Waals surface area contributed by atoms with Gasteiger partial charge in [-0.3, -0.25) is 4.98 Å². The van der Waals surface area contributed by atoms with Crippen molar-refractivity contribution in [3.8, 4) is 11.5 Å². The number of aromatic nitrogens is 3. The molecule has 0 aliphatic heterocycles. The van der Waals surface area contributed by atoms with E-state index in [1.54, 1.807) is 6.20 Å². The molecule has 0 bridgehead atoms. The fourth-order valence-corrected chi connectivity index (χ4v) is 1.68. The first-order chi connectivity index (χ1) is 7.84. The first-order valence-electron chi connectivity index (χ1n) is 5.00. The molecule has 4 nitrogen and oxygen atoms in total. The summed E-state index contributed by atoms with van der Waals surface area (Å²) in [6.45, 7) is 0. The average molecular weight is 210 g/mol. The highest BCUT2D eigenvalue weighted by atomic mass is 15.0. The van der Waals surface area contributed by atoms with Crippen LogP contribution in [0.3, 0.4) is 0 Å². The molecule has 0 saturated carbocycles. The first kappa shape index (κ1) is 8.91. The topological polar surface area (TPSA) is 67.6 Å². The highest BCUT2D eigenvalue weighted by molar-refractivity contribution is 5.88. The van der Waals surface area contributed by atoms with Gasteiger partial charge in [-0.25, -0.2) is 4.98 Å². The van der Waals surface area contributed by atoms with E-state index < -0.39 is 0 Å². The monoisotopic (exact) mass is 210 g/mol. The van der Waals surface area contributed by atoms with Gasteiger partial charge < -0.3 is 10.7 Å². The summed E-state index contributed by atoms with van der Waals surface area (Å²) >= 11 is 0. The van der Waals surface area contributed by atoms with E-state index in [2.05, 4.69) is 15.0 Å². The molecule has 0 aliphatic rings. The molecule has 78 valence electrons. The number of hydrogen-bond acceptors (Lipinski definition) is 3. The van der Waals surface area contributed by atoms with Crippen LogP contribution in [0.15, 0.2) is 42.6 Å². The summed E-state index contributed by atoms with van der Waals surface area (Å²) in [6, 6.07) is 11.4. The summed E-state index contributed by atoms with van der Waals surface area (Å²) in [5.41, 5.74) is 9.06. The summed E-state index contributed by atoms with van der Waals surface area (Å²) < 4.78 is 0. The number of nitrogens with two attached hydrogens (primary N) is 1. The molecule has 16 heavy (non-hydrogen) atoms. The van der Waals surface area contributed by atoms with Crippen molar-refractivity contribution in [3.63, 3.8) is 0 Å². The molecule has 3 N–H and O–H groups in total. The molecule has 3 aromatic rings. The normalized spacial score (nSPS) is 10.8. The second kappa shape index (κ2) is 3.34. The van der Waals surface area contributed by atoms with Crippen LogP contribution in [0.2, 0.25) is 0 Å². The molecule has 4 heteroatoms. The molecule has 3 rings (SSSR count). The van der Waals surface area contributed by atoms with Crippen LogP contribution in [0.1, 0.15) is 0 Å². The Kier molecular flexibility index (Phi) is 1.86. The van der Waals surface area contributed by atoms with E-state index in [4.69, 9.17) is 5.73 Å². The molecule has 0 amide bonds. The number of aromatic amines is 1. The maximum atomic E-state index is 5.84. The van der Waals surface area contributed by atoms with Crippen molar-refractivity contribution in [2.24, 2.45) is 0 Å². The standard InChI is InChI=1S/C12H10N4/c13-8-4-3-6-9-11(8)16-12(15-9)10-5-1-2-7-14-10/h1-7H,13H2,(H,15,16). The molecule has 0 unspecified atom stereocenters. The van der Waals surface area contributed by atoms with Gasteiger partial charge in [0.15, 0.2) is 5.82 Å². The molecule has 0 aliphatic carbocycles. The number of anilines is 1. The Morgan fingerprint density at radius 3 is 2.75 bits per heavy atom. The summed E-state index contributed by atoms with van der Waals surface area (Å²) in [5.74, 6) is 0.744. The van der Waals surface area contributed by atoms with E-state index in [1.807, 2.05) is 36.4 Å². The van der Waals surface area contributed by atoms with Gasteiger partial charge in [0, 0.05) is 6.20 Å². The minimum atomic E-state index is 0.677. The van der Waals surface area contributed by atoms with Gasteiger partial charge in [0.25, 0.3) is 0 Å². The predicted octanol–water partition coefficient (Wildman–Crippen LogP) is 2.21. The molecule has 2 heterocycles.